The number of carbonyl (C=O) groups is 1. The summed E-state index contributed by atoms with van der Waals surface area (Å²) in [5.74, 6) is 2.20. The first-order valence-corrected chi connectivity index (χ1v) is 10.3. The monoisotopic (exact) mass is 383 g/mol. The Bertz CT molecular complexity index is 738. The van der Waals surface area contributed by atoms with E-state index in [9.17, 15) is 4.79 Å². The molecule has 1 N–H and O–H groups in total. The van der Waals surface area contributed by atoms with Crippen molar-refractivity contribution in [3.05, 3.63) is 53.6 Å². The number of amides is 1. The average molecular weight is 384 g/mol. The van der Waals surface area contributed by atoms with Gasteiger partial charge in [-0.05, 0) is 73.2 Å². The molecule has 0 saturated carbocycles. The summed E-state index contributed by atoms with van der Waals surface area (Å²) in [5, 5.41) is 2.91. The van der Waals surface area contributed by atoms with Gasteiger partial charge in [-0.2, -0.15) is 0 Å². The van der Waals surface area contributed by atoms with Crippen LogP contribution < -0.4 is 14.8 Å². The first kappa shape index (κ1) is 21.8. The average Bonchev–Trinajstić information content (AvgIpc) is 2.66. The van der Waals surface area contributed by atoms with Crippen LogP contribution in [0.25, 0.3) is 0 Å². The number of hydrogen-bond donors (Lipinski definition) is 1. The number of aryl methyl sites for hydroxylation is 1. The zero-order valence-electron chi connectivity index (χ0n) is 17.6. The summed E-state index contributed by atoms with van der Waals surface area (Å²) in [6.07, 6.45) is 3.26. The lowest BCUT2D eigenvalue weighted by Gasteiger charge is -2.12. The molecular formula is C24H33NO3. The molecule has 0 fully saturated rings. The molecule has 0 radical (unpaired) electrons. The highest BCUT2D eigenvalue weighted by atomic mass is 16.5. The number of benzene rings is 2. The van der Waals surface area contributed by atoms with Gasteiger partial charge in [0.25, 0.3) is 0 Å². The Hall–Kier alpha value is -2.49. The van der Waals surface area contributed by atoms with E-state index in [1.165, 1.54) is 11.1 Å². The van der Waals surface area contributed by atoms with E-state index in [4.69, 9.17) is 9.47 Å². The summed E-state index contributed by atoms with van der Waals surface area (Å²) in [6.45, 7) is 9.87. The van der Waals surface area contributed by atoms with E-state index in [0.29, 0.717) is 25.4 Å². The van der Waals surface area contributed by atoms with Crippen molar-refractivity contribution in [1.29, 1.82) is 0 Å². The van der Waals surface area contributed by atoms with Gasteiger partial charge in [0.05, 0.1) is 13.2 Å². The van der Waals surface area contributed by atoms with Crippen molar-refractivity contribution in [3.8, 4) is 11.5 Å². The Labute approximate surface area is 169 Å². The fourth-order valence-electron chi connectivity index (χ4n) is 3.00. The molecule has 4 nitrogen and oxygen atoms in total. The molecule has 1 amide bonds. The molecule has 0 atom stereocenters. The predicted octanol–water partition coefficient (Wildman–Crippen LogP) is 6.10. The van der Waals surface area contributed by atoms with E-state index < -0.39 is 0 Å². The topological polar surface area (TPSA) is 47.6 Å². The molecule has 152 valence electrons. The van der Waals surface area contributed by atoms with Crippen molar-refractivity contribution in [2.24, 2.45) is 0 Å². The maximum Gasteiger partial charge on any atom is 0.224 e. The van der Waals surface area contributed by atoms with Crippen LogP contribution in [0.3, 0.4) is 0 Å². The number of ether oxygens (including phenoxy) is 2. The van der Waals surface area contributed by atoms with Crippen molar-refractivity contribution in [1.82, 2.24) is 0 Å². The van der Waals surface area contributed by atoms with Crippen LogP contribution in [0.1, 0.15) is 63.5 Å². The normalized spacial score (nSPS) is 10.8. The van der Waals surface area contributed by atoms with E-state index in [-0.39, 0.29) is 5.91 Å². The lowest BCUT2D eigenvalue weighted by atomic mass is 9.98. The van der Waals surface area contributed by atoms with Gasteiger partial charge in [0.1, 0.15) is 11.5 Å². The molecular weight excluding hydrogens is 350 g/mol. The van der Waals surface area contributed by atoms with Gasteiger partial charge in [-0.25, -0.2) is 0 Å². The van der Waals surface area contributed by atoms with Gasteiger partial charge >= 0.3 is 0 Å². The van der Waals surface area contributed by atoms with Crippen molar-refractivity contribution in [2.45, 2.75) is 59.3 Å². The van der Waals surface area contributed by atoms with Crippen LogP contribution in [0.4, 0.5) is 5.69 Å². The number of anilines is 1. The lowest BCUT2D eigenvalue weighted by molar-refractivity contribution is -0.116. The molecule has 4 heteroatoms. The Kier molecular flexibility index (Phi) is 8.86. The highest BCUT2D eigenvalue weighted by Crippen LogP contribution is 2.23. The zero-order valence-corrected chi connectivity index (χ0v) is 17.6. The number of nitrogens with one attached hydrogen (secondary N) is 1. The van der Waals surface area contributed by atoms with E-state index >= 15 is 0 Å². The summed E-state index contributed by atoms with van der Waals surface area (Å²) in [7, 11) is 0. The minimum Gasteiger partial charge on any atom is -0.494 e. The Morgan fingerprint density at radius 1 is 0.964 bits per heavy atom. The third-order valence-electron chi connectivity index (χ3n) is 4.58. The number of carbonyl (C=O) groups excluding carboxylic acids is 1. The number of hydrogen-bond acceptors (Lipinski definition) is 3. The Morgan fingerprint density at radius 2 is 1.61 bits per heavy atom. The van der Waals surface area contributed by atoms with Gasteiger partial charge in [0.2, 0.25) is 5.91 Å². The fourth-order valence-corrected chi connectivity index (χ4v) is 3.00. The number of rotatable bonds is 11. The first-order chi connectivity index (χ1) is 13.5. The second-order valence-corrected chi connectivity index (χ2v) is 7.40. The van der Waals surface area contributed by atoms with Crippen LogP contribution in [0.15, 0.2) is 42.5 Å². The van der Waals surface area contributed by atoms with Gasteiger partial charge in [-0.15, -0.1) is 0 Å². The highest BCUT2D eigenvalue weighted by molar-refractivity contribution is 5.90. The van der Waals surface area contributed by atoms with Crippen LogP contribution in [0.2, 0.25) is 0 Å². The minimum atomic E-state index is -0.00501. The second kappa shape index (κ2) is 11.4. The van der Waals surface area contributed by atoms with Crippen LogP contribution in [0, 0.1) is 6.92 Å². The maximum atomic E-state index is 12.1. The lowest BCUT2D eigenvalue weighted by Crippen LogP contribution is -2.12. The minimum absolute atomic E-state index is 0.00501. The van der Waals surface area contributed by atoms with Crippen LogP contribution in [0.5, 0.6) is 11.5 Å². The van der Waals surface area contributed by atoms with E-state index in [2.05, 4.69) is 45.1 Å². The molecule has 0 aromatic heterocycles. The highest BCUT2D eigenvalue weighted by Gasteiger charge is 2.06. The smallest absolute Gasteiger partial charge is 0.224 e. The maximum absolute atomic E-state index is 12.1. The standard InChI is InChI=1S/C24H33NO3/c1-5-6-15-27-21-11-9-20(10-12-21)25-24(26)8-7-16-28-22-13-14-23(18(2)3)19(4)17-22/h9-14,17-18H,5-8,15-16H2,1-4H3,(H,25,26). The van der Waals surface area contributed by atoms with Crippen molar-refractivity contribution in [2.75, 3.05) is 18.5 Å². The molecule has 0 unspecified atom stereocenters. The van der Waals surface area contributed by atoms with Crippen LogP contribution in [-0.4, -0.2) is 19.1 Å². The van der Waals surface area contributed by atoms with Crippen molar-refractivity contribution < 1.29 is 14.3 Å². The van der Waals surface area contributed by atoms with E-state index in [1.54, 1.807) is 0 Å². The Morgan fingerprint density at radius 3 is 2.25 bits per heavy atom. The van der Waals surface area contributed by atoms with Crippen molar-refractivity contribution >= 4 is 11.6 Å². The summed E-state index contributed by atoms with van der Waals surface area (Å²) in [4.78, 5) is 12.1. The summed E-state index contributed by atoms with van der Waals surface area (Å²) in [5.41, 5.74) is 3.37. The first-order valence-electron chi connectivity index (χ1n) is 10.3. The molecule has 0 aliphatic carbocycles. The van der Waals surface area contributed by atoms with Crippen LogP contribution in [-0.2, 0) is 4.79 Å². The van der Waals surface area contributed by atoms with Crippen LogP contribution >= 0.6 is 0 Å². The largest absolute Gasteiger partial charge is 0.494 e. The summed E-state index contributed by atoms with van der Waals surface area (Å²) >= 11 is 0. The molecule has 0 spiro atoms. The molecule has 0 saturated heterocycles. The van der Waals surface area contributed by atoms with Gasteiger partial charge in [-0.3, -0.25) is 4.79 Å². The molecule has 2 rings (SSSR count). The van der Waals surface area contributed by atoms with Gasteiger partial charge in [-0.1, -0.05) is 33.3 Å². The zero-order chi connectivity index (χ0) is 20.4. The molecule has 0 aliphatic heterocycles. The van der Waals surface area contributed by atoms with Crippen molar-refractivity contribution in [3.63, 3.8) is 0 Å². The molecule has 0 bridgehead atoms. The molecule has 2 aromatic carbocycles. The summed E-state index contributed by atoms with van der Waals surface area (Å²) < 4.78 is 11.4. The Balaban J connectivity index is 1.69. The van der Waals surface area contributed by atoms with Gasteiger partial charge in [0.15, 0.2) is 0 Å². The second-order valence-electron chi connectivity index (χ2n) is 7.40. The third-order valence-corrected chi connectivity index (χ3v) is 4.58. The molecule has 0 heterocycles. The van der Waals surface area contributed by atoms with E-state index in [1.807, 2.05) is 30.3 Å². The van der Waals surface area contributed by atoms with E-state index in [0.717, 1.165) is 36.6 Å². The number of unbranched alkanes of at least 4 members (excludes halogenated alkanes) is 1. The quantitative estimate of drug-likeness (QED) is 0.477. The molecule has 2 aromatic rings. The van der Waals surface area contributed by atoms with Gasteiger partial charge in [0, 0.05) is 12.1 Å². The molecule has 0 aliphatic rings. The third kappa shape index (κ3) is 7.26. The SMILES string of the molecule is CCCCOc1ccc(NC(=O)CCCOc2ccc(C(C)C)c(C)c2)cc1. The predicted molar refractivity (Wildman–Crippen MR) is 115 cm³/mol. The molecule has 28 heavy (non-hydrogen) atoms. The fraction of sp³-hybridized carbons (Fsp3) is 0.458. The van der Waals surface area contributed by atoms with Gasteiger partial charge < -0.3 is 14.8 Å². The summed E-state index contributed by atoms with van der Waals surface area (Å²) in [6, 6.07) is 13.7.